The normalized spacial score (nSPS) is 17.7. The highest BCUT2D eigenvalue weighted by atomic mass is 16.5. The summed E-state index contributed by atoms with van der Waals surface area (Å²) in [5.74, 6) is 1.08. The standard InChI is InChI=1S/C27H40N6O2/c1-8-27(6,7)33-25(29-30-31-33)24(17(2)3)32(16-22-10-9-11-35-22)15-21-14-20-13-18(4)12-19(5)23(20)28-26(21)34/h12-14,17,22,24H,8-11,15-16H2,1-7H3,(H,28,34)/t22-,24-/m0/s1. The Morgan fingerprint density at radius 1 is 1.26 bits per heavy atom. The van der Waals surface area contributed by atoms with Gasteiger partial charge >= 0.3 is 0 Å². The number of aryl methyl sites for hydroxylation is 2. The maximum Gasteiger partial charge on any atom is 0.252 e. The van der Waals surface area contributed by atoms with Crippen molar-refractivity contribution in [2.24, 2.45) is 5.92 Å². The summed E-state index contributed by atoms with van der Waals surface area (Å²) in [6, 6.07) is 6.23. The number of benzene rings is 1. The lowest BCUT2D eigenvalue weighted by atomic mass is 9.97. The Morgan fingerprint density at radius 3 is 2.69 bits per heavy atom. The molecule has 3 heterocycles. The Balaban J connectivity index is 1.78. The van der Waals surface area contributed by atoms with Gasteiger partial charge in [0.2, 0.25) is 0 Å². The number of rotatable bonds is 9. The molecule has 0 amide bonds. The molecule has 3 aromatic rings. The van der Waals surface area contributed by atoms with Crippen molar-refractivity contribution >= 4 is 10.9 Å². The van der Waals surface area contributed by atoms with E-state index in [2.05, 4.69) is 79.1 Å². The van der Waals surface area contributed by atoms with Crippen LogP contribution in [0.3, 0.4) is 0 Å². The number of nitrogens with zero attached hydrogens (tertiary/aromatic N) is 5. The summed E-state index contributed by atoms with van der Waals surface area (Å²) in [5.41, 5.74) is 3.67. The number of pyridine rings is 1. The smallest absolute Gasteiger partial charge is 0.252 e. The van der Waals surface area contributed by atoms with Gasteiger partial charge in [0.15, 0.2) is 5.82 Å². The van der Waals surface area contributed by atoms with Crippen molar-refractivity contribution in [2.75, 3.05) is 13.2 Å². The first-order chi connectivity index (χ1) is 16.6. The number of aromatic nitrogens is 5. The molecule has 1 saturated heterocycles. The zero-order chi connectivity index (χ0) is 25.3. The van der Waals surface area contributed by atoms with Crippen LogP contribution in [-0.2, 0) is 16.8 Å². The fourth-order valence-electron chi connectivity index (χ4n) is 5.24. The molecule has 1 aliphatic heterocycles. The van der Waals surface area contributed by atoms with Crippen molar-refractivity contribution < 1.29 is 4.74 Å². The Morgan fingerprint density at radius 2 is 2.03 bits per heavy atom. The van der Waals surface area contributed by atoms with Gasteiger partial charge in [-0.25, -0.2) is 4.68 Å². The third-order valence-corrected chi connectivity index (χ3v) is 7.43. The van der Waals surface area contributed by atoms with Gasteiger partial charge in [0.1, 0.15) is 0 Å². The van der Waals surface area contributed by atoms with Crippen LogP contribution < -0.4 is 5.56 Å². The minimum Gasteiger partial charge on any atom is -0.377 e. The summed E-state index contributed by atoms with van der Waals surface area (Å²) in [7, 11) is 0. The van der Waals surface area contributed by atoms with Gasteiger partial charge in [0.25, 0.3) is 5.56 Å². The second-order valence-electron chi connectivity index (χ2n) is 11.0. The Bertz CT molecular complexity index is 1220. The minimum absolute atomic E-state index is 0.0437. The van der Waals surface area contributed by atoms with E-state index in [0.717, 1.165) is 60.3 Å². The first-order valence-electron chi connectivity index (χ1n) is 12.9. The molecule has 0 unspecified atom stereocenters. The SMILES string of the molecule is CCC(C)(C)n1nnnc1[C@H](C(C)C)N(Cc1cc2cc(C)cc(C)c2[nH]c1=O)C[C@@H]1CCCO1. The molecule has 0 aliphatic carbocycles. The average molecular weight is 481 g/mol. The molecule has 1 aromatic carbocycles. The Labute approximate surface area is 208 Å². The van der Waals surface area contributed by atoms with Crippen LogP contribution in [0.4, 0.5) is 0 Å². The molecule has 0 spiro atoms. The lowest BCUT2D eigenvalue weighted by Gasteiger charge is -2.36. The first-order valence-corrected chi connectivity index (χ1v) is 12.9. The van der Waals surface area contributed by atoms with Crippen LogP contribution in [0.25, 0.3) is 10.9 Å². The van der Waals surface area contributed by atoms with Gasteiger partial charge in [-0.3, -0.25) is 9.69 Å². The molecule has 0 saturated carbocycles. The van der Waals surface area contributed by atoms with Crippen molar-refractivity contribution in [3.63, 3.8) is 0 Å². The number of hydrogen-bond acceptors (Lipinski definition) is 6. The van der Waals surface area contributed by atoms with E-state index in [9.17, 15) is 4.79 Å². The summed E-state index contributed by atoms with van der Waals surface area (Å²) in [5, 5.41) is 14.0. The van der Waals surface area contributed by atoms with Gasteiger partial charge in [-0.15, -0.1) is 5.10 Å². The van der Waals surface area contributed by atoms with Crippen LogP contribution in [-0.4, -0.2) is 49.3 Å². The van der Waals surface area contributed by atoms with E-state index in [1.165, 1.54) is 5.56 Å². The summed E-state index contributed by atoms with van der Waals surface area (Å²) < 4.78 is 8.00. The minimum atomic E-state index is -0.211. The number of nitrogens with one attached hydrogen (secondary N) is 1. The molecule has 8 heteroatoms. The van der Waals surface area contributed by atoms with Gasteiger partial charge in [0.05, 0.1) is 23.2 Å². The van der Waals surface area contributed by atoms with Crippen LogP contribution in [0.15, 0.2) is 23.0 Å². The molecule has 35 heavy (non-hydrogen) atoms. The van der Waals surface area contributed by atoms with E-state index in [1.807, 2.05) is 17.7 Å². The van der Waals surface area contributed by atoms with Gasteiger partial charge < -0.3 is 9.72 Å². The summed E-state index contributed by atoms with van der Waals surface area (Å²) in [6.45, 7) is 17.0. The monoisotopic (exact) mass is 480 g/mol. The molecule has 2 atom stereocenters. The highest BCUT2D eigenvalue weighted by Crippen LogP contribution is 2.33. The number of hydrogen-bond donors (Lipinski definition) is 1. The maximum atomic E-state index is 13.2. The van der Waals surface area contributed by atoms with E-state index in [1.54, 1.807) is 0 Å². The molecule has 8 nitrogen and oxygen atoms in total. The second kappa shape index (κ2) is 10.2. The van der Waals surface area contributed by atoms with Gasteiger partial charge in [-0.1, -0.05) is 32.4 Å². The molecule has 4 rings (SSSR count). The van der Waals surface area contributed by atoms with Crippen molar-refractivity contribution in [3.8, 4) is 0 Å². The lowest BCUT2D eigenvalue weighted by molar-refractivity contribution is 0.0368. The number of fused-ring (bicyclic) bond motifs is 1. The molecule has 0 radical (unpaired) electrons. The summed E-state index contributed by atoms with van der Waals surface area (Å²) in [6.07, 6.45) is 3.15. The van der Waals surface area contributed by atoms with Crippen LogP contribution in [0.1, 0.15) is 82.4 Å². The van der Waals surface area contributed by atoms with Crippen molar-refractivity contribution in [2.45, 2.75) is 92.0 Å². The van der Waals surface area contributed by atoms with Gasteiger partial charge in [0, 0.05) is 25.3 Å². The molecule has 1 N–H and O–H groups in total. The zero-order valence-electron chi connectivity index (χ0n) is 22.3. The molecular formula is C27H40N6O2. The zero-order valence-corrected chi connectivity index (χ0v) is 22.3. The second-order valence-corrected chi connectivity index (χ2v) is 11.0. The van der Waals surface area contributed by atoms with E-state index in [0.29, 0.717) is 6.54 Å². The van der Waals surface area contributed by atoms with Crippen LogP contribution in [0.2, 0.25) is 0 Å². The van der Waals surface area contributed by atoms with Crippen LogP contribution in [0, 0.1) is 19.8 Å². The fraction of sp³-hybridized carbons (Fsp3) is 0.630. The van der Waals surface area contributed by atoms with E-state index < -0.39 is 0 Å². The Kier molecular flexibility index (Phi) is 7.43. The van der Waals surface area contributed by atoms with Gasteiger partial charge in [-0.2, -0.15) is 0 Å². The topological polar surface area (TPSA) is 88.9 Å². The summed E-state index contributed by atoms with van der Waals surface area (Å²) >= 11 is 0. The summed E-state index contributed by atoms with van der Waals surface area (Å²) in [4.78, 5) is 18.7. The predicted octanol–water partition coefficient (Wildman–Crippen LogP) is 4.65. The van der Waals surface area contributed by atoms with E-state index in [4.69, 9.17) is 4.74 Å². The molecule has 1 aliphatic rings. The van der Waals surface area contributed by atoms with E-state index >= 15 is 0 Å². The first kappa shape index (κ1) is 25.5. The van der Waals surface area contributed by atoms with Crippen LogP contribution >= 0.6 is 0 Å². The number of aromatic amines is 1. The maximum absolute atomic E-state index is 13.2. The number of tetrazole rings is 1. The molecule has 1 fully saturated rings. The highest BCUT2D eigenvalue weighted by molar-refractivity contribution is 5.82. The van der Waals surface area contributed by atoms with Crippen LogP contribution in [0.5, 0.6) is 0 Å². The average Bonchev–Trinajstić information content (AvgIpc) is 3.47. The molecule has 0 bridgehead atoms. The third kappa shape index (κ3) is 5.33. The van der Waals surface area contributed by atoms with Crippen molar-refractivity contribution in [1.82, 2.24) is 30.1 Å². The lowest BCUT2D eigenvalue weighted by Crippen LogP contribution is -2.41. The van der Waals surface area contributed by atoms with Gasteiger partial charge in [-0.05, 0) is 86.4 Å². The quantitative estimate of drug-likeness (QED) is 0.479. The van der Waals surface area contributed by atoms with Crippen molar-refractivity contribution in [3.05, 3.63) is 51.1 Å². The largest absolute Gasteiger partial charge is 0.377 e. The Hall–Kier alpha value is -2.58. The third-order valence-electron chi connectivity index (χ3n) is 7.43. The fourth-order valence-corrected chi connectivity index (χ4v) is 5.24. The van der Waals surface area contributed by atoms with Crippen molar-refractivity contribution in [1.29, 1.82) is 0 Å². The van der Waals surface area contributed by atoms with E-state index in [-0.39, 0.29) is 29.2 Å². The molecular weight excluding hydrogens is 440 g/mol. The number of H-pyrrole nitrogens is 1. The molecule has 190 valence electrons. The highest BCUT2D eigenvalue weighted by Gasteiger charge is 2.35. The number of ether oxygens (including phenoxy) is 1. The predicted molar refractivity (Wildman–Crippen MR) is 138 cm³/mol. The molecule has 2 aromatic heterocycles.